The molecular weight excluding hydrogens is 208 g/mol. The minimum Gasteiger partial charge on any atom is -0.508 e. The van der Waals surface area contributed by atoms with Gasteiger partial charge in [0.1, 0.15) is 5.75 Å². The molecule has 0 atom stereocenters. The Morgan fingerprint density at radius 2 is 1.76 bits per heavy atom. The third-order valence-corrected chi connectivity index (χ3v) is 2.86. The SMILES string of the molecule is CCCC=CCc1ccc2cc(O)ccc2c1. The number of allylic oxidation sites excluding steroid dienone is 2. The summed E-state index contributed by atoms with van der Waals surface area (Å²) in [6, 6.07) is 11.9. The highest BCUT2D eigenvalue weighted by Crippen LogP contribution is 2.21. The van der Waals surface area contributed by atoms with Crippen molar-refractivity contribution in [3.8, 4) is 5.75 Å². The Labute approximate surface area is 102 Å². The molecule has 1 heteroatoms. The van der Waals surface area contributed by atoms with E-state index in [0.29, 0.717) is 5.75 Å². The van der Waals surface area contributed by atoms with E-state index in [-0.39, 0.29) is 0 Å². The molecule has 0 radical (unpaired) electrons. The minimum atomic E-state index is 0.327. The van der Waals surface area contributed by atoms with Gasteiger partial charge >= 0.3 is 0 Å². The second-order valence-corrected chi connectivity index (χ2v) is 4.33. The van der Waals surface area contributed by atoms with Crippen molar-refractivity contribution in [3.05, 3.63) is 54.1 Å². The minimum absolute atomic E-state index is 0.327. The number of hydrogen-bond acceptors (Lipinski definition) is 1. The Bertz CT molecular complexity index is 526. The molecule has 2 aromatic carbocycles. The maximum atomic E-state index is 9.39. The largest absolute Gasteiger partial charge is 0.508 e. The summed E-state index contributed by atoms with van der Waals surface area (Å²) >= 11 is 0. The van der Waals surface area contributed by atoms with Crippen molar-refractivity contribution >= 4 is 10.8 Å². The Hall–Kier alpha value is -1.76. The Morgan fingerprint density at radius 3 is 2.59 bits per heavy atom. The number of fused-ring (bicyclic) bond motifs is 1. The van der Waals surface area contributed by atoms with Crippen LogP contribution in [0.5, 0.6) is 5.75 Å². The van der Waals surface area contributed by atoms with E-state index in [4.69, 9.17) is 0 Å². The molecule has 1 N–H and O–H groups in total. The van der Waals surface area contributed by atoms with E-state index in [0.717, 1.165) is 18.2 Å². The third kappa shape index (κ3) is 3.10. The molecule has 0 unspecified atom stereocenters. The van der Waals surface area contributed by atoms with Gasteiger partial charge in [0.15, 0.2) is 0 Å². The fourth-order valence-corrected chi connectivity index (χ4v) is 1.91. The Morgan fingerprint density at radius 1 is 1.00 bits per heavy atom. The predicted octanol–water partition coefficient (Wildman–Crippen LogP) is 4.44. The summed E-state index contributed by atoms with van der Waals surface area (Å²) in [5.41, 5.74) is 1.32. The van der Waals surface area contributed by atoms with Crippen LogP contribution in [0.4, 0.5) is 0 Å². The van der Waals surface area contributed by atoms with Crippen LogP contribution in [0.15, 0.2) is 48.6 Å². The quantitative estimate of drug-likeness (QED) is 0.764. The lowest BCUT2D eigenvalue weighted by Crippen LogP contribution is -1.81. The molecule has 0 spiro atoms. The maximum Gasteiger partial charge on any atom is 0.116 e. The van der Waals surface area contributed by atoms with E-state index in [1.807, 2.05) is 6.07 Å². The molecule has 2 aromatic rings. The number of hydrogen-bond donors (Lipinski definition) is 1. The molecule has 0 amide bonds. The molecule has 0 fully saturated rings. The van der Waals surface area contributed by atoms with Gasteiger partial charge in [0, 0.05) is 0 Å². The summed E-state index contributed by atoms with van der Waals surface area (Å²) < 4.78 is 0. The first-order chi connectivity index (χ1) is 8.29. The summed E-state index contributed by atoms with van der Waals surface area (Å²) in [5.74, 6) is 0.327. The second-order valence-electron chi connectivity index (χ2n) is 4.33. The molecule has 0 heterocycles. The first-order valence-corrected chi connectivity index (χ1v) is 6.16. The van der Waals surface area contributed by atoms with Gasteiger partial charge in [-0.05, 0) is 41.3 Å². The number of phenols is 1. The molecule has 2 rings (SSSR count). The Balaban J connectivity index is 2.17. The normalized spacial score (nSPS) is 11.4. The number of unbranched alkanes of at least 4 members (excludes halogenated alkanes) is 1. The average Bonchev–Trinajstić information content (AvgIpc) is 2.35. The van der Waals surface area contributed by atoms with E-state index < -0.39 is 0 Å². The lowest BCUT2D eigenvalue weighted by Gasteiger charge is -2.02. The highest BCUT2D eigenvalue weighted by molar-refractivity contribution is 5.84. The van der Waals surface area contributed by atoms with E-state index >= 15 is 0 Å². The molecule has 0 saturated carbocycles. The van der Waals surface area contributed by atoms with Crippen molar-refractivity contribution in [2.75, 3.05) is 0 Å². The van der Waals surface area contributed by atoms with Crippen molar-refractivity contribution in [1.29, 1.82) is 0 Å². The first kappa shape index (κ1) is 11.7. The summed E-state index contributed by atoms with van der Waals surface area (Å²) in [6.45, 7) is 2.19. The summed E-state index contributed by atoms with van der Waals surface area (Å²) in [5, 5.41) is 11.7. The van der Waals surface area contributed by atoms with Crippen LogP contribution in [0.2, 0.25) is 0 Å². The standard InChI is InChI=1S/C16H18O/c1-2-3-4-5-6-13-7-8-15-12-16(17)10-9-14(15)11-13/h4-5,7-12,17H,2-3,6H2,1H3. The van der Waals surface area contributed by atoms with Crippen LogP contribution in [0.3, 0.4) is 0 Å². The predicted molar refractivity (Wildman–Crippen MR) is 73.4 cm³/mol. The van der Waals surface area contributed by atoms with Gasteiger partial charge < -0.3 is 5.11 Å². The van der Waals surface area contributed by atoms with Gasteiger partial charge in [-0.15, -0.1) is 0 Å². The van der Waals surface area contributed by atoms with Gasteiger partial charge in [-0.25, -0.2) is 0 Å². The van der Waals surface area contributed by atoms with Crippen molar-refractivity contribution < 1.29 is 5.11 Å². The summed E-state index contributed by atoms with van der Waals surface area (Å²) in [4.78, 5) is 0. The highest BCUT2D eigenvalue weighted by Gasteiger charge is 1.96. The molecular formula is C16H18O. The van der Waals surface area contributed by atoms with Gasteiger partial charge in [0.25, 0.3) is 0 Å². The molecule has 0 aliphatic rings. The molecule has 0 aliphatic carbocycles. The fraction of sp³-hybridized carbons (Fsp3) is 0.250. The molecule has 0 aliphatic heterocycles. The molecule has 0 saturated heterocycles. The average molecular weight is 226 g/mol. The Kier molecular flexibility index (Phi) is 3.81. The molecule has 17 heavy (non-hydrogen) atoms. The van der Waals surface area contributed by atoms with E-state index in [2.05, 4.69) is 37.3 Å². The monoisotopic (exact) mass is 226 g/mol. The van der Waals surface area contributed by atoms with Crippen molar-refractivity contribution in [2.24, 2.45) is 0 Å². The number of benzene rings is 2. The van der Waals surface area contributed by atoms with Crippen LogP contribution >= 0.6 is 0 Å². The molecule has 0 bridgehead atoms. The molecule has 1 nitrogen and oxygen atoms in total. The van der Waals surface area contributed by atoms with Gasteiger partial charge in [-0.2, -0.15) is 0 Å². The molecule has 88 valence electrons. The zero-order chi connectivity index (χ0) is 12.1. The lowest BCUT2D eigenvalue weighted by molar-refractivity contribution is 0.476. The smallest absolute Gasteiger partial charge is 0.116 e. The van der Waals surface area contributed by atoms with Crippen molar-refractivity contribution in [1.82, 2.24) is 0 Å². The van der Waals surface area contributed by atoms with Gasteiger partial charge in [0.05, 0.1) is 0 Å². The van der Waals surface area contributed by atoms with Crippen LogP contribution in [-0.4, -0.2) is 5.11 Å². The van der Waals surface area contributed by atoms with E-state index in [1.165, 1.54) is 17.4 Å². The fourth-order valence-electron chi connectivity index (χ4n) is 1.91. The van der Waals surface area contributed by atoms with Gasteiger partial charge in [-0.1, -0.05) is 49.8 Å². The first-order valence-electron chi connectivity index (χ1n) is 6.16. The zero-order valence-corrected chi connectivity index (χ0v) is 10.2. The van der Waals surface area contributed by atoms with E-state index in [1.54, 1.807) is 12.1 Å². The number of phenolic OH excluding ortho intramolecular Hbond substituents is 1. The van der Waals surface area contributed by atoms with Crippen molar-refractivity contribution in [3.63, 3.8) is 0 Å². The lowest BCUT2D eigenvalue weighted by atomic mass is 10.0. The van der Waals surface area contributed by atoms with Gasteiger partial charge in [-0.3, -0.25) is 0 Å². The zero-order valence-electron chi connectivity index (χ0n) is 10.2. The maximum absolute atomic E-state index is 9.39. The number of aromatic hydroxyl groups is 1. The highest BCUT2D eigenvalue weighted by atomic mass is 16.3. The van der Waals surface area contributed by atoms with Crippen LogP contribution in [0.1, 0.15) is 25.3 Å². The summed E-state index contributed by atoms with van der Waals surface area (Å²) in [6.07, 6.45) is 7.80. The topological polar surface area (TPSA) is 20.2 Å². The summed E-state index contributed by atoms with van der Waals surface area (Å²) in [7, 11) is 0. The van der Waals surface area contributed by atoms with Crippen molar-refractivity contribution in [2.45, 2.75) is 26.2 Å². The molecule has 0 aromatic heterocycles. The van der Waals surface area contributed by atoms with E-state index in [9.17, 15) is 5.11 Å². The van der Waals surface area contributed by atoms with Gasteiger partial charge in [0.2, 0.25) is 0 Å². The van der Waals surface area contributed by atoms with Crippen LogP contribution in [0.25, 0.3) is 10.8 Å². The van der Waals surface area contributed by atoms with Crippen LogP contribution < -0.4 is 0 Å². The second kappa shape index (κ2) is 5.53. The van der Waals surface area contributed by atoms with Crippen LogP contribution in [0, 0.1) is 0 Å². The third-order valence-electron chi connectivity index (χ3n) is 2.86. The number of rotatable bonds is 4. The van der Waals surface area contributed by atoms with Crippen LogP contribution in [-0.2, 0) is 6.42 Å².